The predicted octanol–water partition coefficient (Wildman–Crippen LogP) is 1.91. The zero-order valence-corrected chi connectivity index (χ0v) is 10.6. The Morgan fingerprint density at radius 1 is 1.33 bits per heavy atom. The standard InChI is InChI=1S/C13H14ClNO3/c14-9-5-8(6-16)11-12(18-4-3-17-11)10(9)13(7-15)1-2-13/h5-6H,1-4,7,15H2. The summed E-state index contributed by atoms with van der Waals surface area (Å²) in [5.41, 5.74) is 7.10. The SMILES string of the molecule is NCC1(c2c(Cl)cc(C=O)c3c2OCCO3)CC1. The number of hydrogen-bond donors (Lipinski definition) is 1. The van der Waals surface area contributed by atoms with Gasteiger partial charge in [-0.2, -0.15) is 0 Å². The zero-order chi connectivity index (χ0) is 12.8. The summed E-state index contributed by atoms with van der Waals surface area (Å²) in [6.45, 7) is 1.45. The van der Waals surface area contributed by atoms with Gasteiger partial charge in [0, 0.05) is 22.5 Å². The van der Waals surface area contributed by atoms with Crippen LogP contribution in [0.5, 0.6) is 11.5 Å². The lowest BCUT2D eigenvalue weighted by atomic mass is 9.93. The lowest BCUT2D eigenvalue weighted by Gasteiger charge is -2.26. The summed E-state index contributed by atoms with van der Waals surface area (Å²) >= 11 is 6.30. The average Bonchev–Trinajstić information content (AvgIpc) is 3.18. The number of ether oxygens (including phenoxy) is 2. The molecule has 18 heavy (non-hydrogen) atoms. The van der Waals surface area contributed by atoms with Crippen LogP contribution >= 0.6 is 11.6 Å². The number of halogens is 1. The second kappa shape index (κ2) is 4.14. The summed E-state index contributed by atoms with van der Waals surface area (Å²) in [5.74, 6) is 1.12. The van der Waals surface area contributed by atoms with Crippen molar-refractivity contribution in [3.05, 3.63) is 22.2 Å². The van der Waals surface area contributed by atoms with Crippen molar-refractivity contribution in [2.45, 2.75) is 18.3 Å². The molecule has 0 bridgehead atoms. The van der Waals surface area contributed by atoms with Crippen molar-refractivity contribution in [1.82, 2.24) is 0 Å². The molecule has 0 saturated heterocycles. The molecule has 2 aliphatic rings. The first-order valence-corrected chi connectivity index (χ1v) is 6.37. The van der Waals surface area contributed by atoms with Gasteiger partial charge < -0.3 is 15.2 Å². The van der Waals surface area contributed by atoms with Crippen molar-refractivity contribution >= 4 is 17.9 Å². The molecule has 1 heterocycles. The Kier molecular flexibility index (Phi) is 2.72. The van der Waals surface area contributed by atoms with Crippen LogP contribution in [0.15, 0.2) is 6.07 Å². The molecule has 1 saturated carbocycles. The fraction of sp³-hybridized carbons (Fsp3) is 0.462. The van der Waals surface area contributed by atoms with Crippen LogP contribution in [-0.2, 0) is 5.41 Å². The second-order valence-electron chi connectivity index (χ2n) is 4.78. The fourth-order valence-electron chi connectivity index (χ4n) is 2.49. The van der Waals surface area contributed by atoms with Gasteiger partial charge in [0.25, 0.3) is 0 Å². The third kappa shape index (κ3) is 1.60. The lowest BCUT2D eigenvalue weighted by Crippen LogP contribution is -2.25. The highest BCUT2D eigenvalue weighted by Crippen LogP contribution is 2.56. The van der Waals surface area contributed by atoms with Crippen LogP contribution < -0.4 is 15.2 Å². The molecular formula is C13H14ClNO3. The molecule has 2 N–H and O–H groups in total. The normalized spacial score (nSPS) is 19.4. The minimum Gasteiger partial charge on any atom is -0.486 e. The molecule has 1 aromatic rings. The minimum atomic E-state index is -0.0940. The van der Waals surface area contributed by atoms with Crippen LogP contribution in [0.1, 0.15) is 28.8 Å². The van der Waals surface area contributed by atoms with Gasteiger partial charge in [0.2, 0.25) is 0 Å². The third-order valence-corrected chi connectivity index (χ3v) is 3.99. The molecule has 3 rings (SSSR count). The molecule has 1 aliphatic heterocycles. The molecule has 96 valence electrons. The smallest absolute Gasteiger partial charge is 0.172 e. The Labute approximate surface area is 110 Å². The van der Waals surface area contributed by atoms with E-state index in [9.17, 15) is 4.79 Å². The molecular weight excluding hydrogens is 254 g/mol. The highest BCUT2D eigenvalue weighted by molar-refractivity contribution is 6.32. The third-order valence-electron chi connectivity index (χ3n) is 3.69. The van der Waals surface area contributed by atoms with E-state index in [2.05, 4.69) is 0 Å². The molecule has 0 amide bonds. The summed E-state index contributed by atoms with van der Waals surface area (Å²) in [4.78, 5) is 11.1. The zero-order valence-electron chi connectivity index (χ0n) is 9.87. The average molecular weight is 268 g/mol. The number of aldehydes is 1. The first-order valence-electron chi connectivity index (χ1n) is 6.00. The quantitative estimate of drug-likeness (QED) is 0.850. The van der Waals surface area contributed by atoms with Crippen molar-refractivity contribution in [3.63, 3.8) is 0 Å². The molecule has 0 aromatic heterocycles. The van der Waals surface area contributed by atoms with Crippen molar-refractivity contribution in [2.24, 2.45) is 5.73 Å². The molecule has 1 fully saturated rings. The molecule has 0 radical (unpaired) electrons. The van der Waals surface area contributed by atoms with Crippen molar-refractivity contribution in [1.29, 1.82) is 0 Å². The van der Waals surface area contributed by atoms with Crippen LogP contribution in [0.4, 0.5) is 0 Å². The van der Waals surface area contributed by atoms with Crippen molar-refractivity contribution in [3.8, 4) is 11.5 Å². The Morgan fingerprint density at radius 3 is 2.56 bits per heavy atom. The van der Waals surface area contributed by atoms with Crippen LogP contribution in [-0.4, -0.2) is 26.0 Å². The molecule has 4 nitrogen and oxygen atoms in total. The van der Waals surface area contributed by atoms with Crippen LogP contribution in [0.3, 0.4) is 0 Å². The van der Waals surface area contributed by atoms with E-state index in [1.165, 1.54) is 0 Å². The highest BCUT2D eigenvalue weighted by atomic mass is 35.5. The van der Waals surface area contributed by atoms with E-state index in [1.54, 1.807) is 6.07 Å². The maximum atomic E-state index is 11.1. The lowest BCUT2D eigenvalue weighted by molar-refractivity contribution is 0.111. The van der Waals surface area contributed by atoms with Gasteiger partial charge in [-0.05, 0) is 18.9 Å². The fourth-order valence-corrected chi connectivity index (χ4v) is 2.89. The van der Waals surface area contributed by atoms with Gasteiger partial charge in [0.05, 0.1) is 5.56 Å². The second-order valence-corrected chi connectivity index (χ2v) is 5.19. The maximum Gasteiger partial charge on any atom is 0.172 e. The van der Waals surface area contributed by atoms with Crippen LogP contribution in [0, 0.1) is 0 Å². The van der Waals surface area contributed by atoms with E-state index in [0.717, 1.165) is 24.7 Å². The number of hydrogen-bond acceptors (Lipinski definition) is 4. The first kappa shape index (κ1) is 11.8. The summed E-state index contributed by atoms with van der Waals surface area (Å²) in [5, 5.41) is 0.546. The van der Waals surface area contributed by atoms with Crippen molar-refractivity contribution < 1.29 is 14.3 Å². The van der Waals surface area contributed by atoms with E-state index in [4.69, 9.17) is 26.8 Å². The summed E-state index contributed by atoms with van der Waals surface area (Å²) < 4.78 is 11.2. The van der Waals surface area contributed by atoms with E-state index >= 15 is 0 Å². The molecule has 0 atom stereocenters. The number of carbonyl (C=O) groups excluding carboxylic acids is 1. The largest absolute Gasteiger partial charge is 0.486 e. The summed E-state index contributed by atoms with van der Waals surface area (Å²) in [7, 11) is 0. The molecule has 5 heteroatoms. The van der Waals surface area contributed by atoms with Gasteiger partial charge >= 0.3 is 0 Å². The van der Waals surface area contributed by atoms with Gasteiger partial charge in [0.1, 0.15) is 13.2 Å². The number of benzene rings is 1. The van der Waals surface area contributed by atoms with E-state index in [0.29, 0.717) is 41.8 Å². The van der Waals surface area contributed by atoms with E-state index < -0.39 is 0 Å². The molecule has 0 unspecified atom stereocenters. The highest BCUT2D eigenvalue weighted by Gasteiger charge is 2.47. The number of nitrogens with two attached hydrogens (primary N) is 1. The number of carbonyl (C=O) groups is 1. The first-order chi connectivity index (χ1) is 8.72. The Hall–Kier alpha value is -1.26. The van der Waals surface area contributed by atoms with Gasteiger partial charge in [0.15, 0.2) is 17.8 Å². The Bertz CT molecular complexity index is 511. The summed E-state index contributed by atoms with van der Waals surface area (Å²) in [6, 6.07) is 1.65. The molecule has 1 aromatic carbocycles. The van der Waals surface area contributed by atoms with Gasteiger partial charge in [-0.1, -0.05) is 11.6 Å². The molecule has 0 spiro atoms. The van der Waals surface area contributed by atoms with Crippen LogP contribution in [0.2, 0.25) is 5.02 Å². The predicted molar refractivity (Wildman–Crippen MR) is 67.8 cm³/mol. The van der Waals surface area contributed by atoms with Crippen molar-refractivity contribution in [2.75, 3.05) is 19.8 Å². The van der Waals surface area contributed by atoms with E-state index in [1.807, 2.05) is 0 Å². The minimum absolute atomic E-state index is 0.0940. The van der Waals surface area contributed by atoms with Crippen LogP contribution in [0.25, 0.3) is 0 Å². The van der Waals surface area contributed by atoms with Gasteiger partial charge in [-0.15, -0.1) is 0 Å². The van der Waals surface area contributed by atoms with Gasteiger partial charge in [-0.25, -0.2) is 0 Å². The Balaban J connectivity index is 2.22. The van der Waals surface area contributed by atoms with Gasteiger partial charge in [-0.3, -0.25) is 4.79 Å². The number of fused-ring (bicyclic) bond motifs is 1. The number of rotatable bonds is 3. The van der Waals surface area contributed by atoms with E-state index in [-0.39, 0.29) is 5.41 Å². The molecule has 1 aliphatic carbocycles. The summed E-state index contributed by atoms with van der Waals surface area (Å²) in [6.07, 6.45) is 2.74. The Morgan fingerprint density at radius 2 is 2.00 bits per heavy atom. The maximum absolute atomic E-state index is 11.1. The monoisotopic (exact) mass is 267 g/mol. The topological polar surface area (TPSA) is 61.6 Å².